The number of fused-ring (bicyclic) bond motifs is 1. The fourth-order valence-corrected chi connectivity index (χ4v) is 1.49. The summed E-state index contributed by atoms with van der Waals surface area (Å²) in [5, 5.41) is 13.7. The molecule has 0 radical (unpaired) electrons. The maximum Gasteiger partial charge on any atom is 0.344 e. The quantitative estimate of drug-likeness (QED) is 0.849. The van der Waals surface area contributed by atoms with Crippen LogP contribution in [0.25, 0.3) is 10.9 Å². The molecule has 1 aromatic heterocycles. The molecule has 1 aromatic carbocycles. The van der Waals surface area contributed by atoms with Gasteiger partial charge in [-0.15, -0.1) is 5.10 Å². The van der Waals surface area contributed by atoms with E-state index in [9.17, 15) is 4.79 Å². The molecule has 0 aliphatic carbocycles. The molecule has 5 heteroatoms. The van der Waals surface area contributed by atoms with Crippen LogP contribution in [-0.4, -0.2) is 27.0 Å². The van der Waals surface area contributed by atoms with Crippen molar-refractivity contribution in [2.75, 3.05) is 0 Å². The van der Waals surface area contributed by atoms with Crippen molar-refractivity contribution in [3.63, 3.8) is 0 Å². The van der Waals surface area contributed by atoms with Crippen molar-refractivity contribution in [2.45, 2.75) is 13.0 Å². The average molecular weight is 220 g/mol. The number of para-hydroxylation sites is 1. The van der Waals surface area contributed by atoms with E-state index in [0.29, 0.717) is 5.88 Å². The van der Waals surface area contributed by atoms with Gasteiger partial charge < -0.3 is 9.84 Å². The Morgan fingerprint density at radius 2 is 2.19 bits per heavy atom. The molecule has 1 N–H and O–H groups in total. The van der Waals surface area contributed by atoms with Gasteiger partial charge in [-0.05, 0) is 19.1 Å². The molecule has 84 valence electrons. The van der Waals surface area contributed by atoms with Crippen molar-refractivity contribution >= 4 is 16.9 Å². The molecule has 16 heavy (non-hydrogen) atoms. The van der Waals surface area contributed by atoms with Gasteiger partial charge in [-0.25, -0.2) is 4.79 Å². The molecule has 0 saturated carbocycles. The van der Waals surface area contributed by atoms with Gasteiger partial charge in [0.05, 0.1) is 10.9 Å². The van der Waals surface area contributed by atoms with Crippen LogP contribution in [0.2, 0.25) is 0 Å². The van der Waals surface area contributed by atoms with Crippen LogP contribution in [0.4, 0.5) is 0 Å². The Hall–Kier alpha value is -2.04. The fraction of sp³-hybridized carbons (Fsp3) is 0.273. The predicted octanol–water partition coefficient (Wildman–Crippen LogP) is 1.43. The van der Waals surface area contributed by atoms with Crippen molar-refractivity contribution in [1.29, 1.82) is 0 Å². The molecule has 0 fully saturated rings. The number of nitrogens with zero attached hydrogens (tertiary/aromatic N) is 2. The largest absolute Gasteiger partial charge is 0.479 e. The number of aryl methyl sites for hydroxylation is 1. The van der Waals surface area contributed by atoms with Gasteiger partial charge in [0.25, 0.3) is 0 Å². The third-order valence-electron chi connectivity index (χ3n) is 2.36. The van der Waals surface area contributed by atoms with Gasteiger partial charge in [-0.2, -0.15) is 0 Å². The third-order valence-corrected chi connectivity index (χ3v) is 2.36. The minimum Gasteiger partial charge on any atom is -0.479 e. The number of rotatable bonds is 3. The first kappa shape index (κ1) is 10.5. The molecule has 1 heterocycles. The Labute approximate surface area is 92.2 Å². The van der Waals surface area contributed by atoms with Crippen molar-refractivity contribution in [3.05, 3.63) is 24.3 Å². The van der Waals surface area contributed by atoms with E-state index in [1.807, 2.05) is 24.3 Å². The summed E-state index contributed by atoms with van der Waals surface area (Å²) in [6.45, 7) is 1.48. The van der Waals surface area contributed by atoms with Gasteiger partial charge in [0.15, 0.2) is 6.10 Å². The maximum atomic E-state index is 10.7. The summed E-state index contributed by atoms with van der Waals surface area (Å²) in [6, 6.07) is 7.52. The first-order valence-corrected chi connectivity index (χ1v) is 4.91. The van der Waals surface area contributed by atoms with Crippen LogP contribution in [0.3, 0.4) is 0 Å². The molecule has 0 aliphatic rings. The average Bonchev–Trinajstić information content (AvgIpc) is 2.57. The van der Waals surface area contributed by atoms with Gasteiger partial charge in [-0.1, -0.05) is 12.1 Å². The van der Waals surface area contributed by atoms with E-state index in [2.05, 4.69) is 5.10 Å². The van der Waals surface area contributed by atoms with Gasteiger partial charge in [-0.3, -0.25) is 4.68 Å². The lowest BCUT2D eigenvalue weighted by Gasteiger charge is -2.06. The lowest BCUT2D eigenvalue weighted by molar-refractivity contribution is -0.144. The number of hydrogen-bond donors (Lipinski definition) is 1. The van der Waals surface area contributed by atoms with E-state index < -0.39 is 12.1 Å². The number of carboxylic acids is 1. The Morgan fingerprint density at radius 3 is 2.88 bits per heavy atom. The Bertz CT molecular complexity index is 533. The Balaban J connectivity index is 2.42. The Kier molecular flexibility index (Phi) is 2.52. The topological polar surface area (TPSA) is 64.4 Å². The molecule has 5 nitrogen and oxygen atoms in total. The second-order valence-corrected chi connectivity index (χ2v) is 3.54. The zero-order chi connectivity index (χ0) is 11.7. The standard InChI is InChI=1S/C11H12N2O3/c1-7(11(14)15)16-10-8-5-3-4-6-9(8)13(2)12-10/h3-7H,1-2H3,(H,14,15)/t7-/m1/s1. The van der Waals surface area contributed by atoms with Crippen molar-refractivity contribution < 1.29 is 14.6 Å². The van der Waals surface area contributed by atoms with Crippen LogP contribution in [-0.2, 0) is 11.8 Å². The van der Waals surface area contributed by atoms with Gasteiger partial charge >= 0.3 is 5.97 Å². The Morgan fingerprint density at radius 1 is 1.50 bits per heavy atom. The van der Waals surface area contributed by atoms with Crippen LogP contribution < -0.4 is 4.74 Å². The van der Waals surface area contributed by atoms with Crippen LogP contribution in [0.5, 0.6) is 5.88 Å². The van der Waals surface area contributed by atoms with E-state index in [1.165, 1.54) is 6.92 Å². The molecule has 1 atom stereocenters. The number of benzene rings is 1. The number of ether oxygens (including phenoxy) is 1. The summed E-state index contributed by atoms with van der Waals surface area (Å²) < 4.78 is 6.94. The van der Waals surface area contributed by atoms with Crippen LogP contribution >= 0.6 is 0 Å². The third kappa shape index (κ3) is 1.71. The molecule has 2 aromatic rings. The zero-order valence-electron chi connectivity index (χ0n) is 9.04. The van der Waals surface area contributed by atoms with Gasteiger partial charge in [0.2, 0.25) is 5.88 Å². The molecule has 0 saturated heterocycles. The van der Waals surface area contributed by atoms with Crippen molar-refractivity contribution in [3.8, 4) is 5.88 Å². The highest BCUT2D eigenvalue weighted by Gasteiger charge is 2.16. The monoisotopic (exact) mass is 220 g/mol. The normalized spacial score (nSPS) is 12.6. The van der Waals surface area contributed by atoms with E-state index in [-0.39, 0.29) is 0 Å². The predicted molar refractivity (Wildman–Crippen MR) is 58.4 cm³/mol. The van der Waals surface area contributed by atoms with E-state index >= 15 is 0 Å². The fourth-order valence-electron chi connectivity index (χ4n) is 1.49. The molecular weight excluding hydrogens is 208 g/mol. The first-order chi connectivity index (χ1) is 7.59. The molecule has 0 amide bonds. The minimum atomic E-state index is -1.00. The molecule has 0 bridgehead atoms. The molecular formula is C11H12N2O3. The molecule has 0 aliphatic heterocycles. The highest BCUT2D eigenvalue weighted by atomic mass is 16.5. The summed E-state index contributed by atoms with van der Waals surface area (Å²) in [4.78, 5) is 10.7. The molecule has 0 spiro atoms. The summed E-state index contributed by atoms with van der Waals surface area (Å²) in [5.74, 6) is -0.650. The summed E-state index contributed by atoms with van der Waals surface area (Å²) in [5.41, 5.74) is 0.912. The second kappa shape index (κ2) is 3.84. The van der Waals surface area contributed by atoms with E-state index in [4.69, 9.17) is 9.84 Å². The zero-order valence-corrected chi connectivity index (χ0v) is 9.04. The number of aliphatic carboxylic acids is 1. The summed E-state index contributed by atoms with van der Waals surface area (Å²) in [7, 11) is 1.79. The lowest BCUT2D eigenvalue weighted by Crippen LogP contribution is -2.23. The number of hydrogen-bond acceptors (Lipinski definition) is 3. The second-order valence-electron chi connectivity index (χ2n) is 3.54. The SMILES string of the molecule is C[C@@H](Oc1nn(C)c2ccccc12)C(=O)O. The van der Waals surface area contributed by atoms with Crippen LogP contribution in [0, 0.1) is 0 Å². The molecule has 2 rings (SSSR count). The smallest absolute Gasteiger partial charge is 0.344 e. The summed E-state index contributed by atoms with van der Waals surface area (Å²) in [6.07, 6.45) is -0.904. The van der Waals surface area contributed by atoms with Crippen molar-refractivity contribution in [2.24, 2.45) is 7.05 Å². The number of aromatic nitrogens is 2. The number of carbonyl (C=O) groups is 1. The number of carboxylic acid groups (broad SMARTS) is 1. The summed E-state index contributed by atoms with van der Waals surface area (Å²) >= 11 is 0. The van der Waals surface area contributed by atoms with E-state index in [1.54, 1.807) is 11.7 Å². The lowest BCUT2D eigenvalue weighted by atomic mass is 10.2. The molecule has 0 unspecified atom stereocenters. The minimum absolute atomic E-state index is 0.355. The van der Waals surface area contributed by atoms with Gasteiger partial charge in [0.1, 0.15) is 0 Å². The van der Waals surface area contributed by atoms with Crippen LogP contribution in [0.1, 0.15) is 6.92 Å². The van der Waals surface area contributed by atoms with Gasteiger partial charge in [0, 0.05) is 7.05 Å². The van der Waals surface area contributed by atoms with E-state index in [0.717, 1.165) is 10.9 Å². The highest BCUT2D eigenvalue weighted by molar-refractivity contribution is 5.85. The first-order valence-electron chi connectivity index (χ1n) is 4.91. The maximum absolute atomic E-state index is 10.7. The highest BCUT2D eigenvalue weighted by Crippen LogP contribution is 2.24. The van der Waals surface area contributed by atoms with Crippen molar-refractivity contribution in [1.82, 2.24) is 9.78 Å². The van der Waals surface area contributed by atoms with Crippen LogP contribution in [0.15, 0.2) is 24.3 Å².